The SMILES string of the molecule is Cc1cc(C(C)(C)C)c(-c2ccccc2)c(C(C)(C)C)c1. The Balaban J connectivity index is 2.87. The molecule has 0 amide bonds. The van der Waals surface area contributed by atoms with Crippen LogP contribution in [0.1, 0.15) is 58.2 Å². The monoisotopic (exact) mass is 280 g/mol. The fraction of sp³-hybridized carbons (Fsp3) is 0.429. The molecule has 0 fully saturated rings. The highest BCUT2D eigenvalue weighted by Gasteiger charge is 2.26. The molecule has 0 heterocycles. The van der Waals surface area contributed by atoms with Gasteiger partial charge < -0.3 is 0 Å². The maximum absolute atomic E-state index is 2.36. The first kappa shape index (κ1) is 15.8. The van der Waals surface area contributed by atoms with Gasteiger partial charge in [0, 0.05) is 0 Å². The molecular formula is C21H28. The van der Waals surface area contributed by atoms with Crippen LogP contribution in [-0.2, 0) is 10.8 Å². The van der Waals surface area contributed by atoms with Crippen LogP contribution in [0.4, 0.5) is 0 Å². The second-order valence-electron chi connectivity index (χ2n) is 8.10. The molecule has 0 heteroatoms. The minimum absolute atomic E-state index is 0.136. The Kier molecular flexibility index (Phi) is 4.02. The Bertz CT molecular complexity index is 584. The molecule has 0 saturated carbocycles. The molecule has 0 spiro atoms. The number of hydrogen-bond acceptors (Lipinski definition) is 0. The Hall–Kier alpha value is -1.56. The van der Waals surface area contributed by atoms with Crippen LogP contribution in [0.2, 0.25) is 0 Å². The van der Waals surface area contributed by atoms with Gasteiger partial charge in [0.2, 0.25) is 0 Å². The highest BCUT2D eigenvalue weighted by Crippen LogP contribution is 2.41. The van der Waals surface area contributed by atoms with Crippen molar-refractivity contribution in [1.82, 2.24) is 0 Å². The summed E-state index contributed by atoms with van der Waals surface area (Å²) in [5, 5.41) is 0. The predicted molar refractivity (Wildman–Crippen MR) is 94.0 cm³/mol. The molecule has 2 aromatic rings. The van der Waals surface area contributed by atoms with E-state index < -0.39 is 0 Å². The van der Waals surface area contributed by atoms with Crippen molar-refractivity contribution in [3.63, 3.8) is 0 Å². The second-order valence-corrected chi connectivity index (χ2v) is 8.10. The van der Waals surface area contributed by atoms with Crippen molar-refractivity contribution in [1.29, 1.82) is 0 Å². The molecule has 21 heavy (non-hydrogen) atoms. The summed E-state index contributed by atoms with van der Waals surface area (Å²) < 4.78 is 0. The van der Waals surface area contributed by atoms with Crippen LogP contribution >= 0.6 is 0 Å². The van der Waals surface area contributed by atoms with E-state index in [4.69, 9.17) is 0 Å². The molecular weight excluding hydrogens is 252 g/mol. The fourth-order valence-corrected chi connectivity index (χ4v) is 2.89. The molecule has 2 rings (SSSR count). The number of aryl methyl sites for hydroxylation is 1. The Labute approximate surface area is 130 Å². The Morgan fingerprint density at radius 2 is 1.10 bits per heavy atom. The first-order valence-corrected chi connectivity index (χ1v) is 7.82. The second kappa shape index (κ2) is 5.33. The number of benzene rings is 2. The van der Waals surface area contributed by atoms with E-state index in [1.165, 1.54) is 27.8 Å². The van der Waals surface area contributed by atoms with Gasteiger partial charge >= 0.3 is 0 Å². The molecule has 0 saturated heterocycles. The summed E-state index contributed by atoms with van der Waals surface area (Å²) in [6.45, 7) is 16.0. The van der Waals surface area contributed by atoms with Crippen molar-refractivity contribution in [3.8, 4) is 11.1 Å². The molecule has 0 nitrogen and oxygen atoms in total. The van der Waals surface area contributed by atoms with E-state index in [1.54, 1.807) is 0 Å². The highest BCUT2D eigenvalue weighted by atomic mass is 14.3. The summed E-state index contributed by atoms with van der Waals surface area (Å²) in [4.78, 5) is 0. The fourth-order valence-electron chi connectivity index (χ4n) is 2.89. The standard InChI is InChI=1S/C21H28/c1-15-13-17(20(2,3)4)19(16-11-9-8-10-12-16)18(14-15)21(5,6)7/h8-14H,1-7H3. The minimum Gasteiger partial charge on any atom is -0.0622 e. The van der Waals surface area contributed by atoms with Gasteiger partial charge in [0.15, 0.2) is 0 Å². The molecule has 0 unspecified atom stereocenters. The molecule has 0 N–H and O–H groups in total. The molecule has 0 aromatic heterocycles. The zero-order valence-electron chi connectivity index (χ0n) is 14.5. The summed E-state index contributed by atoms with van der Waals surface area (Å²) in [7, 11) is 0. The highest BCUT2D eigenvalue weighted by molar-refractivity contribution is 5.74. The average Bonchev–Trinajstić information content (AvgIpc) is 2.36. The first-order valence-electron chi connectivity index (χ1n) is 7.82. The van der Waals surface area contributed by atoms with Gasteiger partial charge in [-0.25, -0.2) is 0 Å². The van der Waals surface area contributed by atoms with Crippen LogP contribution in [0.3, 0.4) is 0 Å². The van der Waals surface area contributed by atoms with E-state index in [1.807, 2.05) is 0 Å². The molecule has 112 valence electrons. The van der Waals surface area contributed by atoms with E-state index in [2.05, 4.69) is 90.9 Å². The quantitative estimate of drug-likeness (QED) is 0.578. The predicted octanol–water partition coefficient (Wildman–Crippen LogP) is 6.26. The topological polar surface area (TPSA) is 0 Å². The Morgan fingerprint density at radius 1 is 0.667 bits per heavy atom. The lowest BCUT2D eigenvalue weighted by Crippen LogP contribution is -2.19. The minimum atomic E-state index is 0.136. The van der Waals surface area contributed by atoms with Crippen molar-refractivity contribution in [2.24, 2.45) is 0 Å². The van der Waals surface area contributed by atoms with Gasteiger partial charge in [-0.1, -0.05) is 89.6 Å². The van der Waals surface area contributed by atoms with E-state index in [-0.39, 0.29) is 10.8 Å². The summed E-state index contributed by atoms with van der Waals surface area (Å²) in [5.41, 5.74) is 7.25. The molecule has 0 aliphatic rings. The summed E-state index contributed by atoms with van der Waals surface area (Å²) >= 11 is 0. The lowest BCUT2D eigenvalue weighted by molar-refractivity contribution is 0.571. The first-order chi connectivity index (χ1) is 9.60. The van der Waals surface area contributed by atoms with Gasteiger partial charge in [-0.2, -0.15) is 0 Å². The zero-order chi connectivity index (χ0) is 15.8. The van der Waals surface area contributed by atoms with E-state index in [0.29, 0.717) is 0 Å². The van der Waals surface area contributed by atoms with Crippen molar-refractivity contribution < 1.29 is 0 Å². The molecule has 0 aliphatic carbocycles. The average molecular weight is 280 g/mol. The van der Waals surface area contributed by atoms with Gasteiger partial charge in [0.1, 0.15) is 0 Å². The van der Waals surface area contributed by atoms with Crippen LogP contribution in [0.5, 0.6) is 0 Å². The lowest BCUT2D eigenvalue weighted by Gasteiger charge is -2.31. The molecule has 2 aromatic carbocycles. The third-order valence-corrected chi connectivity index (χ3v) is 3.96. The molecule has 0 aliphatic heterocycles. The summed E-state index contributed by atoms with van der Waals surface area (Å²) in [6.07, 6.45) is 0. The zero-order valence-corrected chi connectivity index (χ0v) is 14.5. The third kappa shape index (κ3) is 3.37. The Morgan fingerprint density at radius 3 is 1.48 bits per heavy atom. The molecule has 0 atom stereocenters. The molecule has 0 radical (unpaired) electrons. The van der Waals surface area contributed by atoms with Crippen molar-refractivity contribution in [2.45, 2.75) is 59.3 Å². The summed E-state index contributed by atoms with van der Waals surface area (Å²) in [6, 6.07) is 15.5. The van der Waals surface area contributed by atoms with Gasteiger partial charge in [-0.05, 0) is 40.0 Å². The van der Waals surface area contributed by atoms with Crippen molar-refractivity contribution in [3.05, 3.63) is 59.2 Å². The maximum atomic E-state index is 2.36. The van der Waals surface area contributed by atoms with Crippen molar-refractivity contribution in [2.75, 3.05) is 0 Å². The third-order valence-electron chi connectivity index (χ3n) is 3.96. The number of hydrogen-bond donors (Lipinski definition) is 0. The largest absolute Gasteiger partial charge is 0.0622 e. The van der Waals surface area contributed by atoms with Crippen LogP contribution in [-0.4, -0.2) is 0 Å². The van der Waals surface area contributed by atoms with Crippen LogP contribution < -0.4 is 0 Å². The van der Waals surface area contributed by atoms with E-state index >= 15 is 0 Å². The van der Waals surface area contributed by atoms with Gasteiger partial charge in [0.05, 0.1) is 0 Å². The van der Waals surface area contributed by atoms with Crippen LogP contribution in [0.15, 0.2) is 42.5 Å². The van der Waals surface area contributed by atoms with Crippen molar-refractivity contribution >= 4 is 0 Å². The van der Waals surface area contributed by atoms with Gasteiger partial charge in [0.25, 0.3) is 0 Å². The normalized spacial score (nSPS) is 12.5. The van der Waals surface area contributed by atoms with Gasteiger partial charge in [-0.3, -0.25) is 0 Å². The number of rotatable bonds is 1. The van der Waals surface area contributed by atoms with E-state index in [9.17, 15) is 0 Å². The van der Waals surface area contributed by atoms with E-state index in [0.717, 1.165) is 0 Å². The van der Waals surface area contributed by atoms with Crippen LogP contribution in [0.25, 0.3) is 11.1 Å². The maximum Gasteiger partial charge on any atom is -0.0109 e. The van der Waals surface area contributed by atoms with Crippen LogP contribution in [0, 0.1) is 6.92 Å². The molecule has 0 bridgehead atoms. The lowest BCUT2D eigenvalue weighted by atomic mass is 9.73. The summed E-state index contributed by atoms with van der Waals surface area (Å²) in [5.74, 6) is 0. The smallest absolute Gasteiger partial charge is 0.0109 e. The van der Waals surface area contributed by atoms with Gasteiger partial charge in [-0.15, -0.1) is 0 Å².